The minimum atomic E-state index is 0.576. The summed E-state index contributed by atoms with van der Waals surface area (Å²) in [6.07, 6.45) is 8.91. The second-order valence-electron chi connectivity index (χ2n) is 4.24. The van der Waals surface area contributed by atoms with Crippen LogP contribution in [0.1, 0.15) is 49.3 Å². The van der Waals surface area contributed by atoms with Crippen LogP contribution in [0.3, 0.4) is 0 Å². The fourth-order valence-electron chi connectivity index (χ4n) is 2.47. The summed E-state index contributed by atoms with van der Waals surface area (Å²) in [4.78, 5) is 0. The van der Waals surface area contributed by atoms with Crippen LogP contribution in [0, 0.1) is 0 Å². The summed E-state index contributed by atoms with van der Waals surface area (Å²) >= 11 is 0. The van der Waals surface area contributed by atoms with E-state index in [0.29, 0.717) is 6.54 Å². The molecule has 0 bridgehead atoms. The Balaban J connectivity index is 2.20. The average molecular weight is 193 g/mol. The van der Waals surface area contributed by atoms with Crippen molar-refractivity contribution >= 4 is 0 Å². The Hall–Kier alpha value is -0.830. The number of hydrogen-bond donors (Lipinski definition) is 1. The predicted molar refractivity (Wildman–Crippen MR) is 56.9 cm³/mol. The van der Waals surface area contributed by atoms with Gasteiger partial charge in [0, 0.05) is 19.8 Å². The van der Waals surface area contributed by atoms with E-state index in [2.05, 4.69) is 11.3 Å². The second kappa shape index (κ2) is 4.13. The van der Waals surface area contributed by atoms with Gasteiger partial charge >= 0.3 is 0 Å². The smallest absolute Gasteiger partial charge is 0.0794 e. The summed E-state index contributed by atoms with van der Waals surface area (Å²) in [6, 6.07) is 0. The van der Waals surface area contributed by atoms with Crippen LogP contribution in [0.2, 0.25) is 0 Å². The van der Waals surface area contributed by atoms with Gasteiger partial charge in [-0.3, -0.25) is 4.68 Å². The van der Waals surface area contributed by atoms with Gasteiger partial charge in [-0.05, 0) is 24.3 Å². The van der Waals surface area contributed by atoms with Crippen molar-refractivity contribution in [3.63, 3.8) is 0 Å². The van der Waals surface area contributed by atoms with Gasteiger partial charge in [0.05, 0.1) is 5.69 Å². The monoisotopic (exact) mass is 193 g/mol. The number of aromatic nitrogens is 2. The molecule has 1 heterocycles. The van der Waals surface area contributed by atoms with Crippen LogP contribution in [0.4, 0.5) is 0 Å². The fraction of sp³-hybridized carbons (Fsp3) is 0.727. The highest BCUT2D eigenvalue weighted by atomic mass is 15.3. The molecule has 0 saturated heterocycles. The Kier molecular flexibility index (Phi) is 2.87. The van der Waals surface area contributed by atoms with Crippen molar-refractivity contribution in [1.82, 2.24) is 9.78 Å². The molecule has 0 amide bonds. The maximum absolute atomic E-state index is 5.69. The molecule has 0 unspecified atom stereocenters. The van der Waals surface area contributed by atoms with Crippen LogP contribution in [0.25, 0.3) is 0 Å². The lowest BCUT2D eigenvalue weighted by Gasteiger charge is -2.21. The summed E-state index contributed by atoms with van der Waals surface area (Å²) in [5.41, 5.74) is 8.19. The Morgan fingerprint density at radius 2 is 2.14 bits per heavy atom. The summed E-state index contributed by atoms with van der Waals surface area (Å²) < 4.78 is 1.89. The second-order valence-corrected chi connectivity index (χ2v) is 4.24. The zero-order valence-electron chi connectivity index (χ0n) is 8.87. The minimum Gasteiger partial charge on any atom is -0.325 e. The third kappa shape index (κ3) is 1.82. The zero-order chi connectivity index (χ0) is 9.97. The van der Waals surface area contributed by atoms with Crippen LogP contribution in [-0.2, 0) is 13.6 Å². The van der Waals surface area contributed by atoms with E-state index in [-0.39, 0.29) is 0 Å². The first kappa shape index (κ1) is 9.71. The van der Waals surface area contributed by atoms with E-state index in [9.17, 15) is 0 Å². The topological polar surface area (TPSA) is 43.8 Å². The molecular weight excluding hydrogens is 174 g/mol. The van der Waals surface area contributed by atoms with E-state index in [0.717, 1.165) is 11.6 Å². The van der Waals surface area contributed by atoms with Crippen molar-refractivity contribution in [2.24, 2.45) is 12.8 Å². The van der Waals surface area contributed by atoms with Crippen LogP contribution in [0.5, 0.6) is 0 Å². The van der Waals surface area contributed by atoms with E-state index >= 15 is 0 Å². The maximum Gasteiger partial charge on any atom is 0.0794 e. The molecule has 1 fully saturated rings. The van der Waals surface area contributed by atoms with Crippen LogP contribution in [-0.4, -0.2) is 9.78 Å². The lowest BCUT2D eigenvalue weighted by Crippen LogP contribution is -2.08. The number of hydrogen-bond acceptors (Lipinski definition) is 2. The van der Waals surface area contributed by atoms with Crippen molar-refractivity contribution in [2.75, 3.05) is 0 Å². The maximum atomic E-state index is 5.69. The zero-order valence-corrected chi connectivity index (χ0v) is 8.87. The number of nitrogens with two attached hydrogens (primary N) is 1. The highest BCUT2D eigenvalue weighted by Crippen LogP contribution is 2.33. The van der Waals surface area contributed by atoms with E-state index in [1.54, 1.807) is 0 Å². The van der Waals surface area contributed by atoms with Gasteiger partial charge < -0.3 is 5.73 Å². The van der Waals surface area contributed by atoms with Gasteiger partial charge in [-0.15, -0.1) is 0 Å². The minimum absolute atomic E-state index is 0.576. The molecule has 1 aromatic rings. The largest absolute Gasteiger partial charge is 0.325 e. The lowest BCUT2D eigenvalue weighted by atomic mass is 9.84. The normalized spacial score (nSPS) is 18.7. The number of rotatable bonds is 2. The van der Waals surface area contributed by atoms with Gasteiger partial charge in [0.15, 0.2) is 0 Å². The SMILES string of the molecule is Cn1cc(C2CCCCC2)c(CN)n1. The molecule has 0 aliphatic heterocycles. The Bertz CT molecular complexity index is 297. The highest BCUT2D eigenvalue weighted by molar-refractivity contribution is 5.22. The molecule has 78 valence electrons. The third-order valence-corrected chi connectivity index (χ3v) is 3.18. The van der Waals surface area contributed by atoms with Crippen LogP contribution >= 0.6 is 0 Å². The van der Waals surface area contributed by atoms with Gasteiger partial charge in [0.25, 0.3) is 0 Å². The van der Waals surface area contributed by atoms with Crippen molar-refractivity contribution in [2.45, 2.75) is 44.6 Å². The van der Waals surface area contributed by atoms with Crippen molar-refractivity contribution in [3.8, 4) is 0 Å². The number of nitrogens with zero attached hydrogens (tertiary/aromatic N) is 2. The molecule has 1 aliphatic rings. The molecule has 2 N–H and O–H groups in total. The van der Waals surface area contributed by atoms with Crippen LogP contribution < -0.4 is 5.73 Å². The van der Waals surface area contributed by atoms with Gasteiger partial charge in [-0.25, -0.2) is 0 Å². The number of aryl methyl sites for hydroxylation is 1. The lowest BCUT2D eigenvalue weighted by molar-refractivity contribution is 0.441. The summed E-state index contributed by atoms with van der Waals surface area (Å²) in [6.45, 7) is 0.576. The van der Waals surface area contributed by atoms with Crippen molar-refractivity contribution in [3.05, 3.63) is 17.5 Å². The fourth-order valence-corrected chi connectivity index (χ4v) is 2.47. The molecule has 0 spiro atoms. The standard InChI is InChI=1S/C11H19N3/c1-14-8-10(11(7-12)13-14)9-5-3-2-4-6-9/h8-9H,2-7,12H2,1H3. The molecule has 3 nitrogen and oxygen atoms in total. The molecular formula is C11H19N3. The quantitative estimate of drug-likeness (QED) is 0.780. The molecule has 0 aromatic carbocycles. The van der Waals surface area contributed by atoms with Gasteiger partial charge in [0.2, 0.25) is 0 Å². The van der Waals surface area contributed by atoms with Crippen molar-refractivity contribution < 1.29 is 0 Å². The molecule has 0 radical (unpaired) electrons. The van der Waals surface area contributed by atoms with E-state index < -0.39 is 0 Å². The van der Waals surface area contributed by atoms with E-state index in [4.69, 9.17) is 5.73 Å². The van der Waals surface area contributed by atoms with Crippen molar-refractivity contribution in [1.29, 1.82) is 0 Å². The Labute approximate surface area is 85.3 Å². The van der Waals surface area contributed by atoms with Gasteiger partial charge in [0.1, 0.15) is 0 Å². The van der Waals surface area contributed by atoms with E-state index in [1.165, 1.54) is 37.7 Å². The first-order valence-electron chi connectivity index (χ1n) is 5.53. The average Bonchev–Trinajstić information content (AvgIpc) is 2.61. The Morgan fingerprint density at radius 3 is 2.79 bits per heavy atom. The van der Waals surface area contributed by atoms with Gasteiger partial charge in [-0.1, -0.05) is 19.3 Å². The predicted octanol–water partition coefficient (Wildman–Crippen LogP) is 1.93. The Morgan fingerprint density at radius 1 is 1.43 bits per heavy atom. The molecule has 2 rings (SSSR count). The summed E-state index contributed by atoms with van der Waals surface area (Å²) in [5.74, 6) is 0.719. The first-order chi connectivity index (χ1) is 6.81. The third-order valence-electron chi connectivity index (χ3n) is 3.18. The first-order valence-corrected chi connectivity index (χ1v) is 5.53. The summed E-state index contributed by atoms with van der Waals surface area (Å²) in [5, 5.41) is 4.40. The van der Waals surface area contributed by atoms with E-state index in [1.807, 2.05) is 11.7 Å². The molecule has 1 saturated carbocycles. The van der Waals surface area contributed by atoms with Gasteiger partial charge in [-0.2, -0.15) is 5.10 Å². The highest BCUT2D eigenvalue weighted by Gasteiger charge is 2.19. The molecule has 0 atom stereocenters. The summed E-state index contributed by atoms with van der Waals surface area (Å²) in [7, 11) is 1.98. The molecule has 1 aromatic heterocycles. The molecule has 3 heteroatoms. The van der Waals surface area contributed by atoms with Crippen LogP contribution in [0.15, 0.2) is 6.20 Å². The molecule has 14 heavy (non-hydrogen) atoms. The molecule has 1 aliphatic carbocycles.